The monoisotopic (exact) mass is 412 g/mol. The van der Waals surface area contributed by atoms with Crippen molar-refractivity contribution in [2.24, 2.45) is 0 Å². The Morgan fingerprint density at radius 1 is 1.03 bits per heavy atom. The third kappa shape index (κ3) is 5.08. The van der Waals surface area contributed by atoms with Gasteiger partial charge in [-0.3, -0.25) is 4.79 Å². The number of anilines is 1. The molecule has 3 aromatic rings. The van der Waals surface area contributed by atoms with Gasteiger partial charge < -0.3 is 14.5 Å². The molecule has 1 amide bonds. The summed E-state index contributed by atoms with van der Waals surface area (Å²) in [6, 6.07) is 15.7. The molecule has 1 aliphatic heterocycles. The quantitative estimate of drug-likeness (QED) is 0.623. The number of rotatable bonds is 6. The summed E-state index contributed by atoms with van der Waals surface area (Å²) in [6.45, 7) is 2.73. The van der Waals surface area contributed by atoms with Gasteiger partial charge in [-0.05, 0) is 29.8 Å². The first-order valence-electron chi connectivity index (χ1n) is 9.45. The van der Waals surface area contributed by atoms with Gasteiger partial charge in [-0.25, -0.2) is 9.37 Å². The van der Waals surface area contributed by atoms with E-state index in [1.54, 1.807) is 12.1 Å². The molecule has 1 aromatic heterocycles. The Balaban J connectivity index is 1.26. The third-order valence-electron chi connectivity index (χ3n) is 4.74. The van der Waals surface area contributed by atoms with Gasteiger partial charge >= 0.3 is 0 Å². The second-order valence-electron chi connectivity index (χ2n) is 6.77. The van der Waals surface area contributed by atoms with Crippen LogP contribution in [0.15, 0.2) is 54.6 Å². The maximum absolute atomic E-state index is 13.0. The van der Waals surface area contributed by atoms with Gasteiger partial charge in [0.05, 0.1) is 0 Å². The Bertz CT molecular complexity index is 941. The van der Waals surface area contributed by atoms with E-state index >= 15 is 0 Å². The van der Waals surface area contributed by atoms with Gasteiger partial charge in [-0.2, -0.15) is 4.37 Å². The molecule has 4 rings (SSSR count). The van der Waals surface area contributed by atoms with Crippen molar-refractivity contribution < 1.29 is 13.9 Å². The molecule has 0 bridgehead atoms. The number of benzene rings is 2. The standard InChI is InChI=1S/C21H21FN4O2S/c22-17-8-6-16(7-9-17)14-19-23-21(29-24-19)26-12-10-25(11-13-26)20(27)15-28-18-4-2-1-3-5-18/h1-9H,10-15H2. The van der Waals surface area contributed by atoms with Crippen LogP contribution in [0.2, 0.25) is 0 Å². The third-order valence-corrected chi connectivity index (χ3v) is 5.56. The summed E-state index contributed by atoms with van der Waals surface area (Å²) in [6.07, 6.45) is 0.575. The minimum absolute atomic E-state index is 0.0113. The minimum atomic E-state index is -0.248. The molecule has 0 unspecified atom stereocenters. The number of nitrogens with zero attached hydrogens (tertiary/aromatic N) is 4. The number of ether oxygens (including phenoxy) is 1. The second-order valence-corrected chi connectivity index (χ2v) is 7.50. The van der Waals surface area contributed by atoms with Gasteiger partial charge in [-0.15, -0.1) is 0 Å². The van der Waals surface area contributed by atoms with Crippen LogP contribution in [-0.4, -0.2) is 53.0 Å². The van der Waals surface area contributed by atoms with Gasteiger partial charge in [0, 0.05) is 44.1 Å². The van der Waals surface area contributed by atoms with Crippen molar-refractivity contribution >= 4 is 22.6 Å². The SMILES string of the molecule is O=C(COc1ccccc1)N1CCN(c2nc(Cc3ccc(F)cc3)ns2)CC1. The maximum atomic E-state index is 13.0. The number of hydrogen-bond acceptors (Lipinski definition) is 6. The zero-order valence-corrected chi connectivity index (χ0v) is 16.6. The Hall–Kier alpha value is -3.00. The lowest BCUT2D eigenvalue weighted by molar-refractivity contribution is -0.133. The highest BCUT2D eigenvalue weighted by Crippen LogP contribution is 2.21. The number of para-hydroxylation sites is 1. The average molecular weight is 412 g/mol. The number of carbonyl (C=O) groups excluding carboxylic acids is 1. The Morgan fingerprint density at radius 3 is 2.48 bits per heavy atom. The molecule has 1 fully saturated rings. The fourth-order valence-electron chi connectivity index (χ4n) is 3.13. The van der Waals surface area contributed by atoms with Crippen molar-refractivity contribution in [1.82, 2.24) is 14.3 Å². The highest BCUT2D eigenvalue weighted by Gasteiger charge is 2.23. The highest BCUT2D eigenvalue weighted by molar-refractivity contribution is 7.09. The lowest BCUT2D eigenvalue weighted by Gasteiger charge is -2.34. The molecule has 2 aromatic carbocycles. The normalized spacial score (nSPS) is 14.1. The van der Waals surface area contributed by atoms with Crippen LogP contribution in [0.1, 0.15) is 11.4 Å². The van der Waals surface area contributed by atoms with E-state index in [1.165, 1.54) is 23.7 Å². The van der Waals surface area contributed by atoms with Crippen LogP contribution in [0.25, 0.3) is 0 Å². The Morgan fingerprint density at radius 2 is 1.76 bits per heavy atom. The van der Waals surface area contributed by atoms with Crippen LogP contribution >= 0.6 is 11.5 Å². The van der Waals surface area contributed by atoms with Crippen LogP contribution in [0.4, 0.5) is 9.52 Å². The molecule has 0 spiro atoms. The molecule has 0 saturated carbocycles. The van der Waals surface area contributed by atoms with E-state index in [9.17, 15) is 9.18 Å². The topological polar surface area (TPSA) is 58.6 Å². The summed E-state index contributed by atoms with van der Waals surface area (Å²) in [4.78, 5) is 21.0. The lowest BCUT2D eigenvalue weighted by Crippen LogP contribution is -2.50. The van der Waals surface area contributed by atoms with Gasteiger partial charge in [-0.1, -0.05) is 30.3 Å². The van der Waals surface area contributed by atoms with Crippen molar-refractivity contribution in [3.63, 3.8) is 0 Å². The van der Waals surface area contributed by atoms with Crippen LogP contribution in [0.3, 0.4) is 0 Å². The maximum Gasteiger partial charge on any atom is 0.260 e. The van der Waals surface area contributed by atoms with Crippen molar-refractivity contribution in [3.05, 3.63) is 71.8 Å². The zero-order chi connectivity index (χ0) is 20.1. The van der Waals surface area contributed by atoms with Crippen molar-refractivity contribution in [2.45, 2.75) is 6.42 Å². The van der Waals surface area contributed by atoms with Crippen LogP contribution in [0.5, 0.6) is 5.75 Å². The number of aromatic nitrogens is 2. The first-order chi connectivity index (χ1) is 14.2. The van der Waals surface area contributed by atoms with E-state index in [4.69, 9.17) is 4.74 Å². The average Bonchev–Trinajstić information content (AvgIpc) is 3.23. The van der Waals surface area contributed by atoms with Crippen LogP contribution in [-0.2, 0) is 11.2 Å². The summed E-state index contributed by atoms with van der Waals surface area (Å²) in [5.74, 6) is 1.17. The summed E-state index contributed by atoms with van der Waals surface area (Å²) in [5, 5.41) is 0.856. The molecule has 8 heteroatoms. The van der Waals surface area contributed by atoms with Gasteiger partial charge in [0.25, 0.3) is 5.91 Å². The van der Waals surface area contributed by atoms with E-state index in [0.29, 0.717) is 38.3 Å². The summed E-state index contributed by atoms with van der Waals surface area (Å²) in [7, 11) is 0. The molecule has 2 heterocycles. The first-order valence-corrected chi connectivity index (χ1v) is 10.2. The van der Waals surface area contributed by atoms with E-state index < -0.39 is 0 Å². The van der Waals surface area contributed by atoms with E-state index in [1.807, 2.05) is 35.2 Å². The number of piperazine rings is 1. The number of halogens is 1. The molecule has 150 valence electrons. The largest absolute Gasteiger partial charge is 0.484 e. The molecule has 6 nitrogen and oxygen atoms in total. The lowest BCUT2D eigenvalue weighted by atomic mass is 10.1. The van der Waals surface area contributed by atoms with Gasteiger partial charge in [0.15, 0.2) is 6.61 Å². The molecular formula is C21H21FN4O2S. The molecule has 1 saturated heterocycles. The predicted octanol–water partition coefficient (Wildman–Crippen LogP) is 3.00. The predicted molar refractivity (Wildman–Crippen MR) is 110 cm³/mol. The summed E-state index contributed by atoms with van der Waals surface area (Å²) < 4.78 is 23.0. The Kier molecular flexibility index (Phi) is 6.00. The minimum Gasteiger partial charge on any atom is -0.484 e. The van der Waals surface area contributed by atoms with Gasteiger partial charge in [0.1, 0.15) is 17.4 Å². The number of hydrogen-bond donors (Lipinski definition) is 0. The van der Waals surface area contributed by atoms with E-state index in [0.717, 1.165) is 16.5 Å². The molecule has 1 aliphatic rings. The summed E-state index contributed by atoms with van der Waals surface area (Å²) >= 11 is 1.36. The molecule has 0 atom stereocenters. The molecular weight excluding hydrogens is 391 g/mol. The van der Waals surface area contributed by atoms with Crippen molar-refractivity contribution in [3.8, 4) is 5.75 Å². The van der Waals surface area contributed by atoms with Crippen molar-refractivity contribution in [1.29, 1.82) is 0 Å². The van der Waals surface area contributed by atoms with Gasteiger partial charge in [0.2, 0.25) is 5.13 Å². The molecule has 0 radical (unpaired) electrons. The number of carbonyl (C=O) groups is 1. The van der Waals surface area contributed by atoms with Crippen LogP contribution in [0, 0.1) is 5.82 Å². The fourth-order valence-corrected chi connectivity index (χ4v) is 3.87. The van der Waals surface area contributed by atoms with E-state index in [-0.39, 0.29) is 18.3 Å². The highest BCUT2D eigenvalue weighted by atomic mass is 32.1. The second kappa shape index (κ2) is 9.00. The first kappa shape index (κ1) is 19.3. The van der Waals surface area contributed by atoms with E-state index in [2.05, 4.69) is 14.3 Å². The zero-order valence-electron chi connectivity index (χ0n) is 15.8. The Labute approximate surface area is 172 Å². The molecule has 0 aliphatic carbocycles. The summed E-state index contributed by atoms with van der Waals surface area (Å²) in [5.41, 5.74) is 0.976. The number of amides is 1. The molecule has 29 heavy (non-hydrogen) atoms. The van der Waals surface area contributed by atoms with Crippen LogP contribution < -0.4 is 9.64 Å². The smallest absolute Gasteiger partial charge is 0.260 e. The fraction of sp³-hybridized carbons (Fsp3) is 0.286. The molecule has 0 N–H and O–H groups in total. The van der Waals surface area contributed by atoms with Crippen molar-refractivity contribution in [2.75, 3.05) is 37.7 Å².